The Balaban J connectivity index is 2.09. The van der Waals surface area contributed by atoms with Crippen LogP contribution in [0.15, 0.2) is 48.0 Å². The van der Waals surface area contributed by atoms with Crippen molar-refractivity contribution in [1.82, 2.24) is 4.90 Å². The molecule has 1 aliphatic heterocycles. The second-order valence-electron chi connectivity index (χ2n) is 3.73. The fourth-order valence-corrected chi connectivity index (χ4v) is 1.52. The summed E-state index contributed by atoms with van der Waals surface area (Å²) in [7, 11) is 1.52. The van der Waals surface area contributed by atoms with Crippen LogP contribution in [0.2, 0.25) is 0 Å². The van der Waals surface area contributed by atoms with E-state index >= 15 is 0 Å². The van der Waals surface area contributed by atoms with Crippen LogP contribution in [0.25, 0.3) is 0 Å². The maximum absolute atomic E-state index is 11.0. The van der Waals surface area contributed by atoms with Gasteiger partial charge in [0.1, 0.15) is 6.26 Å². The Labute approximate surface area is 99.5 Å². The number of urea groups is 1. The van der Waals surface area contributed by atoms with E-state index in [2.05, 4.69) is 6.08 Å². The fourth-order valence-electron chi connectivity index (χ4n) is 1.52. The summed E-state index contributed by atoms with van der Waals surface area (Å²) in [5.41, 5.74) is 6.19. The zero-order valence-electron chi connectivity index (χ0n) is 9.55. The van der Waals surface area contributed by atoms with E-state index in [0.717, 1.165) is 18.4 Å². The highest BCUT2D eigenvalue weighted by molar-refractivity contribution is 5.73. The maximum Gasteiger partial charge on any atom is 0.321 e. The molecule has 0 unspecified atom stereocenters. The highest BCUT2D eigenvalue weighted by Gasteiger charge is 2.19. The summed E-state index contributed by atoms with van der Waals surface area (Å²) in [6.07, 6.45) is 10.7. The first-order valence-corrected chi connectivity index (χ1v) is 5.31. The quantitative estimate of drug-likeness (QED) is 0.794. The molecule has 2 aliphatic rings. The van der Waals surface area contributed by atoms with Gasteiger partial charge in [0.05, 0.1) is 0 Å². The van der Waals surface area contributed by atoms with Crippen molar-refractivity contribution in [2.24, 2.45) is 5.73 Å². The van der Waals surface area contributed by atoms with E-state index < -0.39 is 6.03 Å². The van der Waals surface area contributed by atoms with E-state index in [1.54, 1.807) is 0 Å². The third-order valence-corrected chi connectivity index (χ3v) is 2.55. The fraction of sp³-hybridized carbons (Fsp3) is 0.250. The van der Waals surface area contributed by atoms with Crippen molar-refractivity contribution in [3.8, 4) is 0 Å². The number of rotatable bonds is 2. The molecule has 17 heavy (non-hydrogen) atoms. The maximum atomic E-state index is 11.0. The Hall–Kier alpha value is -2.17. The lowest BCUT2D eigenvalue weighted by Crippen LogP contribution is -2.33. The monoisotopic (exact) mass is 234 g/mol. The van der Waals surface area contributed by atoms with E-state index in [4.69, 9.17) is 15.2 Å². The first kappa shape index (κ1) is 11.3. The summed E-state index contributed by atoms with van der Waals surface area (Å²) >= 11 is 0. The second kappa shape index (κ2) is 4.78. The number of ether oxygens (including phenoxy) is 2. The predicted octanol–water partition coefficient (Wildman–Crippen LogP) is 1.96. The van der Waals surface area contributed by atoms with Gasteiger partial charge in [-0.15, -0.1) is 0 Å². The van der Waals surface area contributed by atoms with E-state index in [0.29, 0.717) is 5.76 Å². The number of amides is 2. The van der Waals surface area contributed by atoms with Crippen LogP contribution in [0.3, 0.4) is 0 Å². The summed E-state index contributed by atoms with van der Waals surface area (Å²) in [5.74, 6) is 0.894. The third-order valence-electron chi connectivity index (χ3n) is 2.55. The van der Waals surface area contributed by atoms with Crippen molar-refractivity contribution in [2.45, 2.75) is 12.8 Å². The van der Waals surface area contributed by atoms with Crippen molar-refractivity contribution in [3.05, 3.63) is 48.0 Å². The molecule has 0 aromatic carbocycles. The lowest BCUT2D eigenvalue weighted by Gasteiger charge is -2.23. The van der Waals surface area contributed by atoms with E-state index in [1.165, 1.54) is 24.5 Å². The Bertz CT molecular complexity index is 447. The van der Waals surface area contributed by atoms with E-state index in [1.807, 2.05) is 12.2 Å². The van der Waals surface area contributed by atoms with Crippen LogP contribution in [0.1, 0.15) is 12.8 Å². The highest BCUT2D eigenvalue weighted by Crippen LogP contribution is 2.26. The van der Waals surface area contributed by atoms with Gasteiger partial charge in [-0.1, -0.05) is 18.2 Å². The summed E-state index contributed by atoms with van der Waals surface area (Å²) < 4.78 is 10.7. The zero-order valence-corrected chi connectivity index (χ0v) is 9.55. The SMILES string of the molecule is CN(C(N)=O)C1=COC=C(C2=CC=CCC2)O1. The predicted molar refractivity (Wildman–Crippen MR) is 62.1 cm³/mol. The molecule has 0 saturated carbocycles. The normalized spacial score (nSPS) is 18.3. The largest absolute Gasteiger partial charge is 0.463 e. The number of hydrogen-bond acceptors (Lipinski definition) is 3. The molecule has 0 aromatic rings. The zero-order chi connectivity index (χ0) is 12.3. The minimum atomic E-state index is -0.599. The molecule has 5 nitrogen and oxygen atoms in total. The Morgan fingerprint density at radius 3 is 2.94 bits per heavy atom. The van der Waals surface area contributed by atoms with Gasteiger partial charge in [-0.2, -0.15) is 0 Å². The van der Waals surface area contributed by atoms with Gasteiger partial charge >= 0.3 is 6.03 Å². The van der Waals surface area contributed by atoms with Crippen molar-refractivity contribution < 1.29 is 14.3 Å². The minimum Gasteiger partial charge on any atom is -0.463 e. The lowest BCUT2D eigenvalue weighted by atomic mass is 10.0. The smallest absolute Gasteiger partial charge is 0.321 e. The number of allylic oxidation sites excluding steroid dienone is 4. The summed E-state index contributed by atoms with van der Waals surface area (Å²) in [4.78, 5) is 12.2. The molecule has 2 amide bonds. The number of nitrogens with zero attached hydrogens (tertiary/aromatic N) is 1. The molecule has 0 fully saturated rings. The molecule has 0 bridgehead atoms. The average molecular weight is 234 g/mol. The lowest BCUT2D eigenvalue weighted by molar-refractivity contribution is 0.150. The first-order valence-electron chi connectivity index (χ1n) is 5.31. The molecule has 90 valence electrons. The molecule has 0 atom stereocenters. The van der Waals surface area contributed by atoms with Gasteiger partial charge in [0.15, 0.2) is 12.0 Å². The van der Waals surface area contributed by atoms with Crippen molar-refractivity contribution in [2.75, 3.05) is 7.05 Å². The van der Waals surface area contributed by atoms with Gasteiger partial charge in [-0.05, 0) is 18.4 Å². The van der Waals surface area contributed by atoms with Gasteiger partial charge in [-0.3, -0.25) is 4.90 Å². The summed E-state index contributed by atoms with van der Waals surface area (Å²) in [5, 5.41) is 0. The molecule has 0 aromatic heterocycles. The summed E-state index contributed by atoms with van der Waals surface area (Å²) in [6, 6.07) is -0.599. The average Bonchev–Trinajstić information content (AvgIpc) is 2.39. The summed E-state index contributed by atoms with van der Waals surface area (Å²) in [6.45, 7) is 0. The molecule has 0 saturated heterocycles. The molecule has 2 N–H and O–H groups in total. The van der Waals surface area contributed by atoms with E-state index in [-0.39, 0.29) is 5.88 Å². The molecule has 2 rings (SSSR count). The number of hydrogen-bond donors (Lipinski definition) is 1. The van der Waals surface area contributed by atoms with Gasteiger partial charge in [-0.25, -0.2) is 4.79 Å². The van der Waals surface area contributed by atoms with Gasteiger partial charge in [0.25, 0.3) is 0 Å². The van der Waals surface area contributed by atoms with Crippen molar-refractivity contribution >= 4 is 6.03 Å². The van der Waals surface area contributed by atoms with E-state index in [9.17, 15) is 4.79 Å². The molecule has 0 radical (unpaired) electrons. The van der Waals surface area contributed by atoms with Crippen LogP contribution in [0.4, 0.5) is 4.79 Å². The van der Waals surface area contributed by atoms with Crippen LogP contribution < -0.4 is 5.73 Å². The van der Waals surface area contributed by atoms with Crippen molar-refractivity contribution in [1.29, 1.82) is 0 Å². The minimum absolute atomic E-state index is 0.283. The van der Waals surface area contributed by atoms with Crippen LogP contribution >= 0.6 is 0 Å². The van der Waals surface area contributed by atoms with Gasteiger partial charge in [0.2, 0.25) is 5.88 Å². The van der Waals surface area contributed by atoms with Crippen LogP contribution in [0.5, 0.6) is 0 Å². The Kier molecular flexibility index (Phi) is 3.18. The van der Waals surface area contributed by atoms with Crippen LogP contribution in [-0.2, 0) is 9.47 Å². The first-order chi connectivity index (χ1) is 8.18. The Morgan fingerprint density at radius 1 is 1.47 bits per heavy atom. The Morgan fingerprint density at radius 2 is 2.29 bits per heavy atom. The topological polar surface area (TPSA) is 64.8 Å². The molecule has 5 heteroatoms. The van der Waals surface area contributed by atoms with Gasteiger partial charge in [0, 0.05) is 7.05 Å². The highest BCUT2D eigenvalue weighted by atomic mass is 16.6. The molecular weight excluding hydrogens is 220 g/mol. The molecule has 1 aliphatic carbocycles. The number of carbonyl (C=O) groups excluding carboxylic acids is 1. The van der Waals surface area contributed by atoms with Crippen LogP contribution in [-0.4, -0.2) is 18.0 Å². The van der Waals surface area contributed by atoms with Crippen molar-refractivity contribution in [3.63, 3.8) is 0 Å². The number of carbonyl (C=O) groups is 1. The van der Waals surface area contributed by atoms with Gasteiger partial charge < -0.3 is 15.2 Å². The molecule has 1 heterocycles. The molecular formula is C12H14N2O3. The number of primary amides is 1. The van der Waals surface area contributed by atoms with Crippen LogP contribution in [0, 0.1) is 0 Å². The molecule has 0 spiro atoms. The standard InChI is InChI=1S/C12H14N2O3/c1-14(12(13)15)11-8-16-7-10(17-11)9-5-3-2-4-6-9/h2-3,5,7-8H,4,6H2,1H3,(H2,13,15). The number of nitrogens with two attached hydrogens (primary N) is 1. The third kappa shape index (κ3) is 2.50. The second-order valence-corrected chi connectivity index (χ2v) is 3.73.